The number of rotatable bonds is 5. The summed E-state index contributed by atoms with van der Waals surface area (Å²) in [6.07, 6.45) is 2.86. The number of nitrogens with zero attached hydrogens (tertiary/aromatic N) is 1. The minimum Gasteiger partial charge on any atom is -0.351 e. The minimum atomic E-state index is -3.92. The van der Waals surface area contributed by atoms with Crippen LogP contribution in [-0.2, 0) is 26.2 Å². The second-order valence-electron chi connectivity index (χ2n) is 8.49. The molecular formula is C24H28N2O4S. The van der Waals surface area contributed by atoms with Crippen LogP contribution >= 0.6 is 0 Å². The Bertz CT molecular complexity index is 1050. The lowest BCUT2D eigenvalue weighted by Crippen LogP contribution is -2.49. The van der Waals surface area contributed by atoms with Crippen molar-refractivity contribution in [3.63, 3.8) is 0 Å². The zero-order valence-corrected chi connectivity index (χ0v) is 18.5. The fourth-order valence-corrected chi connectivity index (χ4v) is 6.57. The van der Waals surface area contributed by atoms with E-state index in [0.717, 1.165) is 24.0 Å². The van der Waals surface area contributed by atoms with Crippen molar-refractivity contribution in [3.05, 3.63) is 65.7 Å². The van der Waals surface area contributed by atoms with Crippen LogP contribution in [-0.4, -0.2) is 36.5 Å². The van der Waals surface area contributed by atoms with Gasteiger partial charge in [0, 0.05) is 24.9 Å². The summed E-state index contributed by atoms with van der Waals surface area (Å²) in [5.74, 6) is -0.694. The van der Waals surface area contributed by atoms with Gasteiger partial charge in [-0.15, -0.1) is 0 Å². The number of fused-ring (bicyclic) bond motifs is 1. The van der Waals surface area contributed by atoms with Gasteiger partial charge in [0.1, 0.15) is 11.8 Å². The molecule has 1 N–H and O–H groups in total. The fraction of sp³-hybridized carbons (Fsp3) is 0.417. The van der Waals surface area contributed by atoms with Gasteiger partial charge in [0.25, 0.3) is 0 Å². The molecule has 1 saturated carbocycles. The smallest absolute Gasteiger partial charge is 0.244 e. The number of aryl methyl sites for hydroxylation is 1. The van der Waals surface area contributed by atoms with Crippen molar-refractivity contribution in [2.75, 3.05) is 0 Å². The summed E-state index contributed by atoms with van der Waals surface area (Å²) in [7, 11) is -3.92. The molecule has 0 spiro atoms. The molecule has 1 heterocycles. The van der Waals surface area contributed by atoms with Gasteiger partial charge in [0.2, 0.25) is 15.9 Å². The summed E-state index contributed by atoms with van der Waals surface area (Å²) in [5, 5.41) is 2.89. The maximum absolute atomic E-state index is 13.6. The Labute approximate surface area is 183 Å². The van der Waals surface area contributed by atoms with E-state index in [0.29, 0.717) is 19.4 Å². The lowest BCUT2D eigenvalue weighted by Gasteiger charge is -2.29. The lowest BCUT2D eigenvalue weighted by molar-refractivity contribution is -0.124. The summed E-state index contributed by atoms with van der Waals surface area (Å²) < 4.78 is 28.6. The number of hydrogen-bond donors (Lipinski definition) is 1. The maximum Gasteiger partial charge on any atom is 0.244 e. The van der Waals surface area contributed by atoms with Crippen molar-refractivity contribution < 1.29 is 18.0 Å². The van der Waals surface area contributed by atoms with Crippen molar-refractivity contribution >= 4 is 21.7 Å². The molecule has 0 unspecified atom stereocenters. The molecule has 2 aromatic carbocycles. The Balaban J connectivity index is 1.65. The summed E-state index contributed by atoms with van der Waals surface area (Å²) in [5.41, 5.74) is 1.90. The Morgan fingerprint density at radius 3 is 2.48 bits per heavy atom. The van der Waals surface area contributed by atoms with Gasteiger partial charge in [0.15, 0.2) is 0 Å². The van der Waals surface area contributed by atoms with Crippen LogP contribution in [0.2, 0.25) is 0 Å². The van der Waals surface area contributed by atoms with Gasteiger partial charge in [-0.2, -0.15) is 4.31 Å². The number of carbonyl (C=O) groups is 2. The number of Topliss-reactive ketones (excluding diaryl/α,β-unsaturated/α-hetero) is 1. The molecule has 0 bridgehead atoms. The van der Waals surface area contributed by atoms with Gasteiger partial charge in [0.05, 0.1) is 4.90 Å². The molecule has 31 heavy (non-hydrogen) atoms. The molecular weight excluding hydrogens is 412 g/mol. The second kappa shape index (κ2) is 8.93. The number of ketones is 1. The predicted molar refractivity (Wildman–Crippen MR) is 118 cm³/mol. The van der Waals surface area contributed by atoms with E-state index in [9.17, 15) is 18.0 Å². The molecule has 1 aliphatic heterocycles. The van der Waals surface area contributed by atoms with E-state index in [4.69, 9.17) is 0 Å². The van der Waals surface area contributed by atoms with Crippen LogP contribution in [0, 0.1) is 12.8 Å². The van der Waals surface area contributed by atoms with E-state index < -0.39 is 28.0 Å². The Morgan fingerprint density at radius 1 is 1.06 bits per heavy atom. The fourth-order valence-electron chi connectivity index (χ4n) is 4.73. The van der Waals surface area contributed by atoms with Crippen LogP contribution in [0.15, 0.2) is 59.5 Å². The Hall–Kier alpha value is -2.51. The quantitative estimate of drug-likeness (QED) is 0.774. The average Bonchev–Trinajstić information content (AvgIpc) is 3.07. The molecule has 6 nitrogen and oxygen atoms in total. The van der Waals surface area contributed by atoms with Crippen LogP contribution in [0.5, 0.6) is 0 Å². The third-order valence-electron chi connectivity index (χ3n) is 6.37. The normalized spacial score (nSPS) is 24.4. The van der Waals surface area contributed by atoms with E-state index >= 15 is 0 Å². The first-order valence-corrected chi connectivity index (χ1v) is 12.3. The molecule has 1 amide bonds. The second-order valence-corrected chi connectivity index (χ2v) is 10.3. The van der Waals surface area contributed by atoms with Gasteiger partial charge in [-0.3, -0.25) is 9.59 Å². The molecule has 164 valence electrons. The summed E-state index contributed by atoms with van der Waals surface area (Å²) in [4.78, 5) is 26.1. The lowest BCUT2D eigenvalue weighted by atomic mass is 9.93. The average molecular weight is 441 g/mol. The molecule has 3 atom stereocenters. The molecule has 1 aliphatic carbocycles. The number of nitrogens with one attached hydrogen (secondary N) is 1. The summed E-state index contributed by atoms with van der Waals surface area (Å²) in [6, 6.07) is 14.8. The largest absolute Gasteiger partial charge is 0.351 e. The van der Waals surface area contributed by atoms with E-state index in [1.54, 1.807) is 24.3 Å². The highest BCUT2D eigenvalue weighted by Gasteiger charge is 2.52. The Kier molecular flexibility index (Phi) is 6.25. The molecule has 4 rings (SSSR count). The molecule has 7 heteroatoms. The van der Waals surface area contributed by atoms with Crippen LogP contribution in [0.1, 0.15) is 43.2 Å². The van der Waals surface area contributed by atoms with E-state index in [2.05, 4.69) is 5.32 Å². The van der Waals surface area contributed by atoms with Gasteiger partial charge in [-0.1, -0.05) is 54.4 Å². The van der Waals surface area contributed by atoms with E-state index in [1.165, 1.54) is 4.31 Å². The van der Waals surface area contributed by atoms with Crippen LogP contribution in [0.25, 0.3) is 0 Å². The monoisotopic (exact) mass is 440 g/mol. The van der Waals surface area contributed by atoms with Crippen molar-refractivity contribution in [1.29, 1.82) is 0 Å². The van der Waals surface area contributed by atoms with Gasteiger partial charge >= 0.3 is 0 Å². The standard InChI is InChI=1S/C24H28N2O4S/c1-17-11-13-19(14-12-17)31(29,30)26-21-9-5-6-10-23(27)20(21)15-22(26)24(28)25-16-18-7-3-2-4-8-18/h2-4,7-8,11-14,20-22H,5-6,9-10,15-16H2,1H3,(H,25,28)/t20-,21-,22-/m1/s1. The van der Waals surface area contributed by atoms with E-state index in [-0.39, 0.29) is 23.0 Å². The summed E-state index contributed by atoms with van der Waals surface area (Å²) in [6.45, 7) is 2.21. The van der Waals surface area contributed by atoms with Crippen LogP contribution < -0.4 is 5.32 Å². The third kappa shape index (κ3) is 4.43. The van der Waals surface area contributed by atoms with Crippen molar-refractivity contribution in [1.82, 2.24) is 9.62 Å². The molecule has 0 radical (unpaired) electrons. The molecule has 0 aromatic heterocycles. The van der Waals surface area contributed by atoms with E-state index in [1.807, 2.05) is 37.3 Å². The molecule has 2 fully saturated rings. The highest BCUT2D eigenvalue weighted by molar-refractivity contribution is 7.89. The molecule has 2 aliphatic rings. The first-order chi connectivity index (χ1) is 14.9. The Morgan fingerprint density at radius 2 is 1.77 bits per heavy atom. The first-order valence-electron chi connectivity index (χ1n) is 10.8. The number of hydrogen-bond acceptors (Lipinski definition) is 4. The third-order valence-corrected chi connectivity index (χ3v) is 8.32. The van der Waals surface area contributed by atoms with Crippen molar-refractivity contribution in [3.8, 4) is 0 Å². The van der Waals surface area contributed by atoms with Gasteiger partial charge in [-0.05, 0) is 43.9 Å². The number of benzene rings is 2. The first kappa shape index (κ1) is 21.7. The van der Waals surface area contributed by atoms with Crippen molar-refractivity contribution in [2.45, 2.75) is 62.6 Å². The minimum absolute atomic E-state index is 0.0740. The van der Waals surface area contributed by atoms with Gasteiger partial charge in [-0.25, -0.2) is 8.42 Å². The summed E-state index contributed by atoms with van der Waals surface area (Å²) >= 11 is 0. The highest BCUT2D eigenvalue weighted by atomic mass is 32.2. The number of amides is 1. The molecule has 2 aromatic rings. The van der Waals surface area contributed by atoms with Crippen LogP contribution in [0.3, 0.4) is 0 Å². The highest BCUT2D eigenvalue weighted by Crippen LogP contribution is 2.40. The zero-order valence-electron chi connectivity index (χ0n) is 17.7. The maximum atomic E-state index is 13.6. The SMILES string of the molecule is Cc1ccc(S(=O)(=O)N2[C@@H](C(=O)NCc3ccccc3)C[C@H]3C(=O)CCCC[C@H]32)cc1. The van der Waals surface area contributed by atoms with Crippen molar-refractivity contribution in [2.24, 2.45) is 5.92 Å². The number of carbonyl (C=O) groups excluding carboxylic acids is 2. The molecule has 1 saturated heterocycles. The van der Waals surface area contributed by atoms with Crippen LogP contribution in [0.4, 0.5) is 0 Å². The number of sulfonamides is 1. The predicted octanol–water partition coefficient (Wildman–Crippen LogP) is 3.20. The zero-order chi connectivity index (χ0) is 22.0. The topological polar surface area (TPSA) is 83.6 Å². The van der Waals surface area contributed by atoms with Gasteiger partial charge < -0.3 is 5.32 Å².